The van der Waals surface area contributed by atoms with E-state index in [-0.39, 0.29) is 57.1 Å². The van der Waals surface area contributed by atoms with Crippen LogP contribution in [0, 0.1) is 62.6 Å². The molecule has 1 aromatic heterocycles. The zero-order chi connectivity index (χ0) is 34.3. The SMILES string of the molecule is CC[C@H](C)[C@H](N)CO[C@H]1[C@H](n2nnc(N)n2)C[C@@]23COC[C@]1(C)[C@@H]2CC[C@H]1C3=CC[C@@]2(C)[C@H](C(=O)O)[C@@](C)([C@H](C)C(C)C)CC[C@]12C. The number of nitrogen functional groups attached to an aromatic ring is 1. The van der Waals surface area contributed by atoms with Gasteiger partial charge in [0.25, 0.3) is 5.95 Å². The molecule has 4 aliphatic carbocycles. The van der Waals surface area contributed by atoms with E-state index in [1.165, 1.54) is 5.57 Å². The smallest absolute Gasteiger partial charge is 0.307 e. The minimum atomic E-state index is -0.631. The molecule has 1 aromatic rings. The highest BCUT2D eigenvalue weighted by Gasteiger charge is 2.72. The van der Waals surface area contributed by atoms with Crippen LogP contribution in [-0.2, 0) is 14.3 Å². The summed E-state index contributed by atoms with van der Waals surface area (Å²) in [6, 6.07) is -0.246. The van der Waals surface area contributed by atoms with Crippen LogP contribution in [0.5, 0.6) is 0 Å². The molecule has 47 heavy (non-hydrogen) atoms. The van der Waals surface area contributed by atoms with Crippen molar-refractivity contribution in [2.24, 2.45) is 68.3 Å². The molecule has 3 saturated carbocycles. The summed E-state index contributed by atoms with van der Waals surface area (Å²) >= 11 is 0. The van der Waals surface area contributed by atoms with Crippen LogP contribution in [0.1, 0.15) is 113 Å². The van der Waals surface area contributed by atoms with Gasteiger partial charge in [-0.25, -0.2) is 0 Å². The number of allylic oxidation sites excluding steroid dienone is 1. The topological polar surface area (TPSA) is 151 Å². The first kappa shape index (κ1) is 34.8. The first-order chi connectivity index (χ1) is 22.0. The van der Waals surface area contributed by atoms with Crippen LogP contribution in [0.4, 0.5) is 5.95 Å². The van der Waals surface area contributed by atoms with Crippen molar-refractivity contribution in [3.8, 4) is 0 Å². The fourth-order valence-electron chi connectivity index (χ4n) is 12.2. The Bertz CT molecular complexity index is 1380. The summed E-state index contributed by atoms with van der Waals surface area (Å²) in [5, 5.41) is 24.1. The van der Waals surface area contributed by atoms with Crippen molar-refractivity contribution in [1.82, 2.24) is 20.2 Å². The van der Waals surface area contributed by atoms with Gasteiger partial charge in [-0.3, -0.25) is 4.79 Å². The van der Waals surface area contributed by atoms with Gasteiger partial charge in [0.05, 0.1) is 31.8 Å². The number of carboxylic acid groups (broad SMARTS) is 1. The molecular formula is C37H62N6O4. The molecule has 6 rings (SSSR count). The number of carboxylic acids is 1. The molecule has 5 N–H and O–H groups in total. The Labute approximate surface area is 282 Å². The zero-order valence-corrected chi connectivity index (χ0v) is 30.5. The van der Waals surface area contributed by atoms with Crippen LogP contribution in [0.2, 0.25) is 0 Å². The monoisotopic (exact) mass is 654 g/mol. The molecule has 0 amide bonds. The van der Waals surface area contributed by atoms with E-state index in [2.05, 4.69) is 83.8 Å². The lowest BCUT2D eigenvalue weighted by Gasteiger charge is -2.71. The van der Waals surface area contributed by atoms with E-state index in [1.54, 1.807) is 4.80 Å². The maximum Gasteiger partial charge on any atom is 0.307 e. The first-order valence-electron chi connectivity index (χ1n) is 18.4. The van der Waals surface area contributed by atoms with Gasteiger partial charge in [-0.15, -0.1) is 5.10 Å². The molecule has 0 unspecified atom stereocenters. The second-order valence-electron chi connectivity index (χ2n) is 17.9. The van der Waals surface area contributed by atoms with Crippen LogP contribution in [-0.4, -0.2) is 63.2 Å². The number of anilines is 1. The maximum absolute atomic E-state index is 13.4. The van der Waals surface area contributed by atoms with Crippen LogP contribution in [0.25, 0.3) is 0 Å². The molecule has 264 valence electrons. The van der Waals surface area contributed by atoms with Crippen LogP contribution in [0.15, 0.2) is 11.6 Å². The Hall–Kier alpha value is -2.04. The molecule has 0 spiro atoms. The van der Waals surface area contributed by atoms with Crippen molar-refractivity contribution in [3.05, 3.63) is 11.6 Å². The lowest BCUT2D eigenvalue weighted by Crippen LogP contribution is -2.69. The Morgan fingerprint density at radius 1 is 1.13 bits per heavy atom. The number of nitrogens with zero attached hydrogens (tertiary/aromatic N) is 4. The van der Waals surface area contributed by atoms with Crippen molar-refractivity contribution < 1.29 is 19.4 Å². The van der Waals surface area contributed by atoms with Crippen LogP contribution in [0.3, 0.4) is 0 Å². The highest BCUT2D eigenvalue weighted by molar-refractivity contribution is 5.73. The number of fused-ring (bicyclic) bond motifs is 3. The third-order valence-electron chi connectivity index (χ3n) is 15.7. The summed E-state index contributed by atoms with van der Waals surface area (Å²) in [4.78, 5) is 15.1. The summed E-state index contributed by atoms with van der Waals surface area (Å²) in [5.74, 6) is 0.832. The van der Waals surface area contributed by atoms with Crippen molar-refractivity contribution >= 4 is 11.9 Å². The molecule has 0 aromatic carbocycles. The molecule has 10 heteroatoms. The normalized spacial score (nSPS) is 44.8. The molecular weight excluding hydrogens is 592 g/mol. The second kappa shape index (κ2) is 11.8. The number of ether oxygens (including phenoxy) is 2. The summed E-state index contributed by atoms with van der Waals surface area (Å²) in [6.07, 6.45) is 8.88. The van der Waals surface area contributed by atoms with E-state index in [1.807, 2.05) is 0 Å². The van der Waals surface area contributed by atoms with Crippen LogP contribution >= 0.6 is 0 Å². The number of hydrogen-bond acceptors (Lipinski definition) is 8. The Kier molecular flexibility index (Phi) is 8.73. The summed E-state index contributed by atoms with van der Waals surface area (Å²) in [5.41, 5.74) is 12.9. The Balaban J connectivity index is 1.43. The molecule has 1 saturated heterocycles. The van der Waals surface area contributed by atoms with E-state index in [0.29, 0.717) is 43.5 Å². The summed E-state index contributed by atoms with van der Waals surface area (Å²) in [7, 11) is 0. The predicted molar refractivity (Wildman–Crippen MR) is 182 cm³/mol. The van der Waals surface area contributed by atoms with Crippen molar-refractivity contribution in [2.75, 3.05) is 25.6 Å². The van der Waals surface area contributed by atoms with E-state index < -0.39 is 11.9 Å². The number of aliphatic carboxylic acids is 1. The van der Waals surface area contributed by atoms with E-state index in [0.717, 1.165) is 44.9 Å². The molecule has 2 bridgehead atoms. The second-order valence-corrected chi connectivity index (χ2v) is 17.9. The minimum Gasteiger partial charge on any atom is -0.481 e. The highest BCUT2D eigenvalue weighted by atomic mass is 16.5. The Morgan fingerprint density at radius 3 is 2.47 bits per heavy atom. The van der Waals surface area contributed by atoms with E-state index >= 15 is 0 Å². The molecule has 4 fully saturated rings. The molecule has 0 radical (unpaired) electrons. The van der Waals surface area contributed by atoms with Gasteiger partial charge in [0, 0.05) is 16.9 Å². The fraction of sp³-hybridized carbons (Fsp3) is 0.892. The molecule has 2 heterocycles. The van der Waals surface area contributed by atoms with Gasteiger partial charge in [0.2, 0.25) is 0 Å². The van der Waals surface area contributed by atoms with E-state index in [4.69, 9.17) is 20.9 Å². The van der Waals surface area contributed by atoms with Gasteiger partial charge >= 0.3 is 5.97 Å². The summed E-state index contributed by atoms with van der Waals surface area (Å²) < 4.78 is 13.5. The quantitative estimate of drug-likeness (QED) is 0.267. The number of tetrazole rings is 1. The lowest BCUT2D eigenvalue weighted by atomic mass is 9.34. The summed E-state index contributed by atoms with van der Waals surface area (Å²) in [6.45, 7) is 22.2. The average molecular weight is 655 g/mol. The third-order valence-corrected chi connectivity index (χ3v) is 15.7. The molecule has 13 atom stereocenters. The number of rotatable bonds is 9. The largest absolute Gasteiger partial charge is 0.481 e. The van der Waals surface area contributed by atoms with Crippen molar-refractivity contribution in [1.29, 1.82) is 0 Å². The van der Waals surface area contributed by atoms with Crippen molar-refractivity contribution in [3.63, 3.8) is 0 Å². The minimum absolute atomic E-state index is 0.0683. The molecule has 10 nitrogen and oxygen atoms in total. The van der Waals surface area contributed by atoms with Gasteiger partial charge < -0.3 is 26.0 Å². The highest BCUT2D eigenvalue weighted by Crippen LogP contribution is 2.75. The average Bonchev–Trinajstić information content (AvgIpc) is 3.45. The van der Waals surface area contributed by atoms with Gasteiger partial charge in [0.1, 0.15) is 6.04 Å². The molecule has 5 aliphatic rings. The number of carbonyl (C=O) groups is 1. The first-order valence-corrected chi connectivity index (χ1v) is 18.4. The zero-order valence-electron chi connectivity index (χ0n) is 30.5. The fourth-order valence-corrected chi connectivity index (χ4v) is 12.2. The lowest BCUT2D eigenvalue weighted by molar-refractivity contribution is -0.252. The molecule has 1 aliphatic heterocycles. The standard InChI is InChI=1S/C37H62N6O4/c1-10-22(4)26(38)18-47-30-27(43-41-32(39)40-42-43)17-37-20-46-19-34(30,7)28(37)12-11-24-25(37)13-14-36(9)29(31(44)45)33(6,23(5)21(2)3)15-16-35(24,36)8/h13,21-24,26-30H,10-12,14-20,38H2,1-9H3,(H2,39,41)(H,44,45)/t22-,23+,24-,26+,27+,28-,29+,30-,33+,34+,35+,36-,37-/m0/s1. The van der Waals surface area contributed by atoms with Gasteiger partial charge in [-0.1, -0.05) is 85.5 Å². The number of nitrogens with two attached hydrogens (primary N) is 2. The van der Waals surface area contributed by atoms with Gasteiger partial charge in [-0.05, 0) is 89.6 Å². The van der Waals surface area contributed by atoms with Crippen molar-refractivity contribution in [2.45, 2.75) is 125 Å². The maximum atomic E-state index is 13.4. The van der Waals surface area contributed by atoms with Gasteiger partial charge in [0.15, 0.2) is 0 Å². The third kappa shape index (κ3) is 4.88. The number of hydrogen-bond donors (Lipinski definition) is 3. The Morgan fingerprint density at radius 2 is 1.85 bits per heavy atom. The van der Waals surface area contributed by atoms with Crippen LogP contribution < -0.4 is 11.5 Å². The van der Waals surface area contributed by atoms with E-state index in [9.17, 15) is 9.90 Å². The number of aromatic nitrogens is 4. The predicted octanol–water partition coefficient (Wildman–Crippen LogP) is 6.14. The van der Waals surface area contributed by atoms with Gasteiger partial charge in [-0.2, -0.15) is 4.80 Å².